The van der Waals surface area contributed by atoms with Crippen molar-refractivity contribution in [3.8, 4) is 0 Å². The average Bonchev–Trinajstić information content (AvgIpc) is 3.32. The zero-order chi connectivity index (χ0) is 19.4. The van der Waals surface area contributed by atoms with Gasteiger partial charge >= 0.3 is 0 Å². The molecule has 1 unspecified atom stereocenters. The number of carbonyl (C=O) groups is 3. The van der Waals surface area contributed by atoms with Crippen molar-refractivity contribution in [2.75, 3.05) is 25.0 Å². The van der Waals surface area contributed by atoms with E-state index in [9.17, 15) is 14.4 Å². The minimum Gasteiger partial charge on any atom is -0.339 e. The maximum atomic E-state index is 12.8. The molecule has 1 aliphatic carbocycles. The second-order valence-corrected chi connectivity index (χ2v) is 7.40. The first kappa shape index (κ1) is 19.4. The summed E-state index contributed by atoms with van der Waals surface area (Å²) in [6.07, 6.45) is 4.66. The summed E-state index contributed by atoms with van der Waals surface area (Å²) >= 11 is 0. The van der Waals surface area contributed by atoms with Crippen LogP contribution in [-0.4, -0.2) is 53.2 Å². The second kappa shape index (κ2) is 8.55. The standard InChI is InChI=1S/C21H29N3O3/c1-3-23(4-2)21(27)17-11-7-8-12-18(17)22-20(26)15-13-19(25)24(14-15)16-9-5-6-10-16/h7-8,11-12,15-16H,3-6,9-10,13-14H2,1-2H3,(H,22,26). The summed E-state index contributed by atoms with van der Waals surface area (Å²) in [5.74, 6) is -0.543. The van der Waals surface area contributed by atoms with E-state index in [4.69, 9.17) is 0 Å². The van der Waals surface area contributed by atoms with Crippen LogP contribution in [0.1, 0.15) is 56.3 Å². The van der Waals surface area contributed by atoms with Crippen LogP contribution < -0.4 is 5.32 Å². The molecule has 146 valence electrons. The molecule has 1 N–H and O–H groups in total. The predicted octanol–water partition coefficient (Wildman–Crippen LogP) is 2.90. The van der Waals surface area contributed by atoms with E-state index in [1.807, 2.05) is 18.7 Å². The van der Waals surface area contributed by atoms with Crippen LogP contribution in [0.2, 0.25) is 0 Å². The normalized spacial score (nSPS) is 20.1. The first-order chi connectivity index (χ1) is 13.0. The molecule has 2 aliphatic rings. The van der Waals surface area contributed by atoms with E-state index in [2.05, 4.69) is 5.32 Å². The second-order valence-electron chi connectivity index (χ2n) is 7.40. The van der Waals surface area contributed by atoms with Gasteiger partial charge in [0.2, 0.25) is 11.8 Å². The number of rotatable bonds is 6. The number of carbonyl (C=O) groups excluding carboxylic acids is 3. The highest BCUT2D eigenvalue weighted by Gasteiger charge is 2.38. The minimum absolute atomic E-state index is 0.0783. The lowest BCUT2D eigenvalue weighted by molar-refractivity contribution is -0.129. The zero-order valence-electron chi connectivity index (χ0n) is 16.2. The minimum atomic E-state index is -0.352. The molecule has 27 heavy (non-hydrogen) atoms. The number of para-hydroxylation sites is 1. The summed E-state index contributed by atoms with van der Waals surface area (Å²) in [7, 11) is 0. The summed E-state index contributed by atoms with van der Waals surface area (Å²) in [4.78, 5) is 41.5. The van der Waals surface area contributed by atoms with Crippen LogP contribution in [0.3, 0.4) is 0 Å². The van der Waals surface area contributed by atoms with Gasteiger partial charge in [0.05, 0.1) is 17.2 Å². The fraction of sp³-hybridized carbons (Fsp3) is 0.571. The van der Waals surface area contributed by atoms with Gasteiger partial charge in [-0.25, -0.2) is 0 Å². The van der Waals surface area contributed by atoms with Crippen LogP contribution in [-0.2, 0) is 9.59 Å². The smallest absolute Gasteiger partial charge is 0.255 e. The van der Waals surface area contributed by atoms with Crippen molar-refractivity contribution in [1.82, 2.24) is 9.80 Å². The number of nitrogens with zero attached hydrogens (tertiary/aromatic N) is 2. The quantitative estimate of drug-likeness (QED) is 0.836. The molecule has 1 aliphatic heterocycles. The SMILES string of the molecule is CCN(CC)C(=O)c1ccccc1NC(=O)C1CC(=O)N(C2CCCC2)C1. The summed E-state index contributed by atoms with van der Waals surface area (Å²) < 4.78 is 0. The lowest BCUT2D eigenvalue weighted by Crippen LogP contribution is -2.35. The van der Waals surface area contributed by atoms with Crippen molar-refractivity contribution in [2.45, 2.75) is 52.0 Å². The maximum Gasteiger partial charge on any atom is 0.255 e. The van der Waals surface area contributed by atoms with Crippen molar-refractivity contribution in [3.63, 3.8) is 0 Å². The summed E-state index contributed by atoms with van der Waals surface area (Å²) in [6, 6.07) is 7.39. The summed E-state index contributed by atoms with van der Waals surface area (Å²) in [6.45, 7) is 5.59. The van der Waals surface area contributed by atoms with Gasteiger partial charge < -0.3 is 15.1 Å². The molecule has 1 aromatic rings. The number of likely N-dealkylation sites (tertiary alicyclic amines) is 1. The van der Waals surface area contributed by atoms with E-state index in [-0.39, 0.29) is 30.1 Å². The zero-order valence-corrected chi connectivity index (χ0v) is 16.2. The highest BCUT2D eigenvalue weighted by atomic mass is 16.2. The third kappa shape index (κ3) is 4.15. The molecule has 1 aromatic carbocycles. The average molecular weight is 371 g/mol. The topological polar surface area (TPSA) is 69.7 Å². The van der Waals surface area contributed by atoms with Crippen LogP contribution >= 0.6 is 0 Å². The highest BCUT2D eigenvalue weighted by molar-refractivity contribution is 6.05. The fourth-order valence-corrected chi connectivity index (χ4v) is 4.17. The molecule has 0 bridgehead atoms. The Morgan fingerprint density at radius 3 is 2.48 bits per heavy atom. The third-order valence-corrected chi connectivity index (χ3v) is 5.76. The number of hydrogen-bond donors (Lipinski definition) is 1. The van der Waals surface area contributed by atoms with Crippen molar-refractivity contribution in [1.29, 1.82) is 0 Å². The third-order valence-electron chi connectivity index (χ3n) is 5.76. The van der Waals surface area contributed by atoms with Crippen molar-refractivity contribution in [2.24, 2.45) is 5.92 Å². The van der Waals surface area contributed by atoms with Gasteiger partial charge in [-0.1, -0.05) is 25.0 Å². The number of benzene rings is 1. The highest BCUT2D eigenvalue weighted by Crippen LogP contribution is 2.30. The Kier molecular flexibility index (Phi) is 6.14. The number of nitrogens with one attached hydrogen (secondary N) is 1. The molecular formula is C21H29N3O3. The molecular weight excluding hydrogens is 342 g/mol. The molecule has 0 aromatic heterocycles. The van der Waals surface area contributed by atoms with Crippen LogP contribution in [0, 0.1) is 5.92 Å². The lowest BCUT2D eigenvalue weighted by atomic mass is 10.1. The monoisotopic (exact) mass is 371 g/mol. The lowest BCUT2D eigenvalue weighted by Gasteiger charge is -2.24. The van der Waals surface area contributed by atoms with E-state index in [1.54, 1.807) is 29.2 Å². The Bertz CT molecular complexity index is 708. The van der Waals surface area contributed by atoms with Crippen LogP contribution in [0.15, 0.2) is 24.3 Å². The van der Waals surface area contributed by atoms with E-state index in [1.165, 1.54) is 0 Å². The molecule has 2 fully saturated rings. The van der Waals surface area contributed by atoms with Gasteiger partial charge in [0.25, 0.3) is 5.91 Å². The van der Waals surface area contributed by atoms with E-state index >= 15 is 0 Å². The molecule has 6 heteroatoms. The van der Waals surface area contributed by atoms with E-state index < -0.39 is 0 Å². The Morgan fingerprint density at radius 2 is 1.81 bits per heavy atom. The molecule has 1 heterocycles. The largest absolute Gasteiger partial charge is 0.339 e. The van der Waals surface area contributed by atoms with Gasteiger partial charge in [-0.05, 0) is 38.8 Å². The van der Waals surface area contributed by atoms with Crippen LogP contribution in [0.5, 0.6) is 0 Å². The molecule has 1 atom stereocenters. The molecule has 3 rings (SSSR count). The van der Waals surface area contributed by atoms with E-state index in [0.717, 1.165) is 25.7 Å². The van der Waals surface area contributed by atoms with Gasteiger partial charge in [0, 0.05) is 32.1 Å². The van der Waals surface area contributed by atoms with Gasteiger partial charge in [0.15, 0.2) is 0 Å². The van der Waals surface area contributed by atoms with E-state index in [0.29, 0.717) is 36.9 Å². The number of amides is 3. The van der Waals surface area contributed by atoms with Crippen molar-refractivity contribution >= 4 is 23.4 Å². The van der Waals surface area contributed by atoms with Gasteiger partial charge in [-0.3, -0.25) is 14.4 Å². The van der Waals surface area contributed by atoms with Gasteiger partial charge in [-0.2, -0.15) is 0 Å². The molecule has 0 spiro atoms. The Balaban J connectivity index is 1.70. The molecule has 0 radical (unpaired) electrons. The van der Waals surface area contributed by atoms with Crippen molar-refractivity contribution in [3.05, 3.63) is 29.8 Å². The molecule has 1 saturated carbocycles. The van der Waals surface area contributed by atoms with Crippen LogP contribution in [0.25, 0.3) is 0 Å². The Morgan fingerprint density at radius 1 is 1.15 bits per heavy atom. The summed E-state index contributed by atoms with van der Waals surface area (Å²) in [5.41, 5.74) is 1.01. The first-order valence-electron chi connectivity index (χ1n) is 10.0. The van der Waals surface area contributed by atoms with Gasteiger partial charge in [-0.15, -0.1) is 0 Å². The maximum absolute atomic E-state index is 12.8. The number of hydrogen-bond acceptors (Lipinski definition) is 3. The predicted molar refractivity (Wildman–Crippen MR) is 104 cm³/mol. The molecule has 1 saturated heterocycles. The first-order valence-corrected chi connectivity index (χ1v) is 10.0. The summed E-state index contributed by atoms with van der Waals surface area (Å²) in [5, 5.41) is 2.90. The van der Waals surface area contributed by atoms with Crippen molar-refractivity contribution < 1.29 is 14.4 Å². The fourth-order valence-electron chi connectivity index (χ4n) is 4.17. The molecule has 3 amide bonds. The Hall–Kier alpha value is -2.37. The van der Waals surface area contributed by atoms with Gasteiger partial charge in [0.1, 0.15) is 0 Å². The number of anilines is 1. The molecule has 6 nitrogen and oxygen atoms in total. The Labute approximate surface area is 160 Å². The van der Waals surface area contributed by atoms with Crippen LogP contribution in [0.4, 0.5) is 5.69 Å².